The SMILES string of the molecule is CCCCCCCOC(C)C(N)c1ccccc1. The van der Waals surface area contributed by atoms with Crippen LogP contribution in [0.2, 0.25) is 0 Å². The third kappa shape index (κ3) is 5.65. The first-order valence-electron chi connectivity index (χ1n) is 7.17. The first-order chi connectivity index (χ1) is 8.75. The van der Waals surface area contributed by atoms with Gasteiger partial charge in [0.1, 0.15) is 0 Å². The Hall–Kier alpha value is -0.860. The molecule has 0 aliphatic rings. The summed E-state index contributed by atoms with van der Waals surface area (Å²) in [6.45, 7) is 5.12. The summed E-state index contributed by atoms with van der Waals surface area (Å²) < 4.78 is 5.81. The summed E-state index contributed by atoms with van der Waals surface area (Å²) in [6.07, 6.45) is 6.43. The van der Waals surface area contributed by atoms with Gasteiger partial charge in [-0.25, -0.2) is 0 Å². The number of ether oxygens (including phenoxy) is 1. The molecule has 2 unspecified atom stereocenters. The second-order valence-corrected chi connectivity index (χ2v) is 4.93. The first kappa shape index (κ1) is 15.2. The van der Waals surface area contributed by atoms with E-state index in [1.165, 1.54) is 25.7 Å². The third-order valence-corrected chi connectivity index (χ3v) is 3.32. The summed E-state index contributed by atoms with van der Waals surface area (Å²) in [4.78, 5) is 0. The average molecular weight is 249 g/mol. The highest BCUT2D eigenvalue weighted by Crippen LogP contribution is 2.16. The number of nitrogens with two attached hydrogens (primary N) is 1. The molecule has 18 heavy (non-hydrogen) atoms. The second kappa shape index (κ2) is 9.12. The van der Waals surface area contributed by atoms with Crippen molar-refractivity contribution in [2.24, 2.45) is 5.73 Å². The smallest absolute Gasteiger partial charge is 0.0739 e. The summed E-state index contributed by atoms with van der Waals surface area (Å²) in [6, 6.07) is 10.1. The number of unbranched alkanes of at least 4 members (excludes halogenated alkanes) is 4. The van der Waals surface area contributed by atoms with Gasteiger partial charge in [-0.3, -0.25) is 0 Å². The van der Waals surface area contributed by atoms with Gasteiger partial charge in [0.05, 0.1) is 12.1 Å². The molecule has 0 bridgehead atoms. The van der Waals surface area contributed by atoms with Crippen LogP contribution in [0.25, 0.3) is 0 Å². The van der Waals surface area contributed by atoms with E-state index in [2.05, 4.69) is 26.0 Å². The zero-order valence-electron chi connectivity index (χ0n) is 11.8. The van der Waals surface area contributed by atoms with Crippen molar-refractivity contribution in [3.63, 3.8) is 0 Å². The minimum Gasteiger partial charge on any atom is -0.377 e. The molecule has 2 atom stereocenters. The van der Waals surface area contributed by atoms with Crippen molar-refractivity contribution in [2.75, 3.05) is 6.61 Å². The summed E-state index contributed by atoms with van der Waals surface area (Å²) in [5.41, 5.74) is 7.33. The molecule has 0 saturated heterocycles. The lowest BCUT2D eigenvalue weighted by molar-refractivity contribution is 0.0455. The molecule has 0 aliphatic heterocycles. The summed E-state index contributed by atoms with van der Waals surface area (Å²) >= 11 is 0. The molecule has 1 aromatic carbocycles. The van der Waals surface area contributed by atoms with Crippen LogP contribution in [-0.2, 0) is 4.74 Å². The van der Waals surface area contributed by atoms with Crippen molar-refractivity contribution in [1.29, 1.82) is 0 Å². The van der Waals surface area contributed by atoms with E-state index in [9.17, 15) is 0 Å². The molecule has 0 amide bonds. The summed E-state index contributed by atoms with van der Waals surface area (Å²) in [5.74, 6) is 0. The zero-order valence-corrected chi connectivity index (χ0v) is 11.8. The van der Waals surface area contributed by atoms with Gasteiger partial charge >= 0.3 is 0 Å². The Bertz CT molecular complexity index is 299. The Labute approximate surface area is 112 Å². The van der Waals surface area contributed by atoms with Crippen molar-refractivity contribution < 1.29 is 4.74 Å². The lowest BCUT2D eigenvalue weighted by Crippen LogP contribution is -2.26. The highest BCUT2D eigenvalue weighted by Gasteiger charge is 2.14. The Morgan fingerprint density at radius 2 is 1.72 bits per heavy atom. The maximum absolute atomic E-state index is 6.18. The second-order valence-electron chi connectivity index (χ2n) is 4.93. The van der Waals surface area contributed by atoms with Gasteiger partial charge in [-0.15, -0.1) is 0 Å². The Morgan fingerprint density at radius 3 is 2.39 bits per heavy atom. The summed E-state index contributed by atoms with van der Waals surface area (Å²) in [5, 5.41) is 0. The topological polar surface area (TPSA) is 35.2 Å². The van der Waals surface area contributed by atoms with E-state index in [1.807, 2.05) is 18.2 Å². The first-order valence-corrected chi connectivity index (χ1v) is 7.17. The van der Waals surface area contributed by atoms with E-state index in [1.54, 1.807) is 0 Å². The molecule has 2 N–H and O–H groups in total. The van der Waals surface area contributed by atoms with Crippen LogP contribution in [-0.4, -0.2) is 12.7 Å². The van der Waals surface area contributed by atoms with E-state index in [0.717, 1.165) is 18.6 Å². The molecule has 0 aliphatic carbocycles. The monoisotopic (exact) mass is 249 g/mol. The van der Waals surface area contributed by atoms with Crippen molar-refractivity contribution in [1.82, 2.24) is 0 Å². The van der Waals surface area contributed by atoms with Crippen LogP contribution in [0.3, 0.4) is 0 Å². The largest absolute Gasteiger partial charge is 0.377 e. The Balaban J connectivity index is 2.18. The van der Waals surface area contributed by atoms with E-state index in [4.69, 9.17) is 10.5 Å². The normalized spacial score (nSPS) is 14.4. The van der Waals surface area contributed by atoms with Crippen LogP contribution in [0.15, 0.2) is 30.3 Å². The Kier molecular flexibility index (Phi) is 7.70. The van der Waals surface area contributed by atoms with Crippen molar-refractivity contribution in [2.45, 2.75) is 58.1 Å². The lowest BCUT2D eigenvalue weighted by Gasteiger charge is -2.20. The minimum absolute atomic E-state index is 0.0261. The summed E-state index contributed by atoms with van der Waals surface area (Å²) in [7, 11) is 0. The molecule has 2 nitrogen and oxygen atoms in total. The number of hydrogen-bond donors (Lipinski definition) is 1. The van der Waals surface area contributed by atoms with Gasteiger partial charge in [0.15, 0.2) is 0 Å². The quantitative estimate of drug-likeness (QED) is 0.670. The van der Waals surface area contributed by atoms with Crippen LogP contribution in [0.1, 0.15) is 57.6 Å². The minimum atomic E-state index is -0.0261. The fourth-order valence-corrected chi connectivity index (χ4v) is 2.02. The van der Waals surface area contributed by atoms with Crippen molar-refractivity contribution >= 4 is 0 Å². The molecule has 1 rings (SSSR count). The van der Waals surface area contributed by atoms with E-state index in [-0.39, 0.29) is 12.1 Å². The molecule has 0 saturated carbocycles. The van der Waals surface area contributed by atoms with Crippen molar-refractivity contribution in [3.8, 4) is 0 Å². The lowest BCUT2D eigenvalue weighted by atomic mass is 10.0. The molecule has 0 spiro atoms. The number of benzene rings is 1. The van der Waals surface area contributed by atoms with Crippen molar-refractivity contribution in [3.05, 3.63) is 35.9 Å². The zero-order chi connectivity index (χ0) is 13.2. The molecular formula is C16H27NO. The highest BCUT2D eigenvalue weighted by molar-refractivity contribution is 5.19. The fraction of sp³-hybridized carbons (Fsp3) is 0.625. The van der Waals surface area contributed by atoms with Gasteiger partial charge in [0, 0.05) is 6.61 Å². The van der Waals surface area contributed by atoms with E-state index < -0.39 is 0 Å². The van der Waals surface area contributed by atoms with Crippen LogP contribution in [0.4, 0.5) is 0 Å². The molecule has 2 heteroatoms. The molecule has 0 aromatic heterocycles. The van der Waals surface area contributed by atoms with Crippen LogP contribution in [0.5, 0.6) is 0 Å². The fourth-order valence-electron chi connectivity index (χ4n) is 2.02. The molecular weight excluding hydrogens is 222 g/mol. The van der Waals surface area contributed by atoms with Gasteiger partial charge in [0.2, 0.25) is 0 Å². The predicted octanol–water partition coefficient (Wildman–Crippen LogP) is 4.06. The number of hydrogen-bond acceptors (Lipinski definition) is 2. The van der Waals surface area contributed by atoms with Gasteiger partial charge in [0.25, 0.3) is 0 Å². The maximum atomic E-state index is 6.18. The van der Waals surface area contributed by atoms with Gasteiger partial charge in [-0.05, 0) is 18.9 Å². The maximum Gasteiger partial charge on any atom is 0.0739 e. The van der Waals surface area contributed by atoms with Gasteiger partial charge in [-0.2, -0.15) is 0 Å². The molecule has 0 heterocycles. The molecule has 0 radical (unpaired) electrons. The van der Waals surface area contributed by atoms with Gasteiger partial charge in [-0.1, -0.05) is 62.9 Å². The third-order valence-electron chi connectivity index (χ3n) is 3.32. The van der Waals surface area contributed by atoms with E-state index >= 15 is 0 Å². The Morgan fingerprint density at radius 1 is 1.06 bits per heavy atom. The standard InChI is InChI=1S/C16H27NO/c1-3-4-5-6-10-13-18-14(2)16(17)15-11-8-7-9-12-15/h7-9,11-12,14,16H,3-6,10,13,17H2,1-2H3. The van der Waals surface area contributed by atoms with E-state index in [0.29, 0.717) is 0 Å². The average Bonchev–Trinajstić information content (AvgIpc) is 2.42. The van der Waals surface area contributed by atoms with Crippen LogP contribution in [0, 0.1) is 0 Å². The predicted molar refractivity (Wildman–Crippen MR) is 77.5 cm³/mol. The number of rotatable bonds is 9. The van der Waals surface area contributed by atoms with Gasteiger partial charge < -0.3 is 10.5 Å². The molecule has 0 fully saturated rings. The van der Waals surface area contributed by atoms with Crippen LogP contribution < -0.4 is 5.73 Å². The molecule has 1 aromatic rings. The highest BCUT2D eigenvalue weighted by atomic mass is 16.5. The van der Waals surface area contributed by atoms with Crippen LogP contribution >= 0.6 is 0 Å². The molecule has 102 valence electrons.